The summed E-state index contributed by atoms with van der Waals surface area (Å²) in [6, 6.07) is 5.98. The van der Waals surface area contributed by atoms with E-state index in [0.717, 1.165) is 0 Å². The van der Waals surface area contributed by atoms with Gasteiger partial charge in [0.2, 0.25) is 0 Å². The third-order valence-electron chi connectivity index (χ3n) is 1.74. The van der Waals surface area contributed by atoms with Crippen molar-refractivity contribution in [1.29, 1.82) is 0 Å². The second-order valence-electron chi connectivity index (χ2n) is 3.40. The third-order valence-corrected chi connectivity index (χ3v) is 1.74. The number of carboxylic acid groups (broad SMARTS) is 3. The van der Waals surface area contributed by atoms with E-state index in [0.29, 0.717) is 12.2 Å². The van der Waals surface area contributed by atoms with Crippen molar-refractivity contribution in [3.63, 3.8) is 0 Å². The first-order chi connectivity index (χ1) is 9.73. The monoisotopic (exact) mass is 296 g/mol. The van der Waals surface area contributed by atoms with Crippen LogP contribution in [0, 0.1) is 0 Å². The number of ether oxygens (including phenoxy) is 1. The van der Waals surface area contributed by atoms with Crippen LogP contribution in [-0.4, -0.2) is 39.2 Å². The number of para-hydroxylation sites is 1. The summed E-state index contributed by atoms with van der Waals surface area (Å²) in [5, 5.41) is 24.3. The molecule has 0 amide bonds. The number of aromatic carboxylic acids is 1. The van der Waals surface area contributed by atoms with Crippen LogP contribution in [0.15, 0.2) is 36.4 Å². The predicted octanol–water partition coefficient (Wildman–Crippen LogP) is 1.02. The van der Waals surface area contributed by atoms with Gasteiger partial charge in [0.1, 0.15) is 11.3 Å². The van der Waals surface area contributed by atoms with Gasteiger partial charge in [-0.05, 0) is 12.1 Å². The Balaban J connectivity index is 0.000000433. The molecule has 1 aromatic carbocycles. The largest absolute Gasteiger partial charge is 0.478 e. The molecule has 21 heavy (non-hydrogen) atoms. The zero-order valence-corrected chi connectivity index (χ0v) is 10.8. The molecule has 0 heterocycles. The van der Waals surface area contributed by atoms with Crippen molar-refractivity contribution in [2.24, 2.45) is 0 Å². The lowest BCUT2D eigenvalue weighted by Gasteiger charge is -2.03. The van der Waals surface area contributed by atoms with E-state index in [9.17, 15) is 19.2 Å². The Hall–Kier alpha value is -3.16. The Bertz CT molecular complexity index is 557. The van der Waals surface area contributed by atoms with E-state index in [-0.39, 0.29) is 11.3 Å². The number of esters is 1. The van der Waals surface area contributed by atoms with Crippen molar-refractivity contribution < 1.29 is 39.2 Å². The number of hydrogen-bond acceptors (Lipinski definition) is 5. The Morgan fingerprint density at radius 1 is 0.952 bits per heavy atom. The van der Waals surface area contributed by atoms with Gasteiger partial charge in [-0.2, -0.15) is 0 Å². The number of carbonyl (C=O) groups is 4. The quantitative estimate of drug-likeness (QED) is 0.425. The SMILES string of the molecule is CC(=O)Oc1ccccc1C(=O)O.O=C(O)/C=C/C(=O)O. The summed E-state index contributed by atoms with van der Waals surface area (Å²) in [7, 11) is 0. The van der Waals surface area contributed by atoms with Crippen molar-refractivity contribution in [2.45, 2.75) is 6.92 Å². The minimum Gasteiger partial charge on any atom is -0.478 e. The van der Waals surface area contributed by atoms with E-state index < -0.39 is 23.9 Å². The van der Waals surface area contributed by atoms with Crippen LogP contribution >= 0.6 is 0 Å². The van der Waals surface area contributed by atoms with Gasteiger partial charge in [0.05, 0.1) is 0 Å². The summed E-state index contributed by atoms with van der Waals surface area (Å²) in [4.78, 5) is 40.3. The number of aliphatic carboxylic acids is 2. The summed E-state index contributed by atoms with van der Waals surface area (Å²) in [6.07, 6.45) is 1.12. The molecule has 112 valence electrons. The van der Waals surface area contributed by atoms with Gasteiger partial charge in [0, 0.05) is 19.1 Å². The maximum Gasteiger partial charge on any atom is 0.339 e. The molecule has 0 saturated carbocycles. The number of carbonyl (C=O) groups excluding carboxylic acids is 1. The first kappa shape index (κ1) is 17.8. The third kappa shape index (κ3) is 8.54. The molecule has 0 atom stereocenters. The van der Waals surface area contributed by atoms with Gasteiger partial charge in [0.25, 0.3) is 0 Å². The van der Waals surface area contributed by atoms with E-state index in [4.69, 9.17) is 15.3 Å². The van der Waals surface area contributed by atoms with E-state index in [2.05, 4.69) is 4.74 Å². The molecule has 0 bridgehead atoms. The highest BCUT2D eigenvalue weighted by Crippen LogP contribution is 2.17. The fraction of sp³-hybridized carbons (Fsp3) is 0.0769. The Kier molecular flexibility index (Phi) is 7.53. The number of rotatable bonds is 4. The molecule has 0 saturated heterocycles. The van der Waals surface area contributed by atoms with E-state index >= 15 is 0 Å². The molecule has 1 aromatic rings. The van der Waals surface area contributed by atoms with Crippen molar-refractivity contribution in [3.05, 3.63) is 42.0 Å². The predicted molar refractivity (Wildman–Crippen MR) is 69.1 cm³/mol. The Labute approximate surface area is 118 Å². The normalized spacial score (nSPS) is 9.38. The highest BCUT2D eigenvalue weighted by atomic mass is 16.5. The fourth-order valence-electron chi connectivity index (χ4n) is 1.03. The molecule has 8 nitrogen and oxygen atoms in total. The van der Waals surface area contributed by atoms with Gasteiger partial charge in [0.15, 0.2) is 0 Å². The molecule has 0 spiro atoms. The van der Waals surface area contributed by atoms with E-state index in [1.165, 1.54) is 19.1 Å². The van der Waals surface area contributed by atoms with Gasteiger partial charge in [-0.15, -0.1) is 0 Å². The molecular formula is C13H12O8. The van der Waals surface area contributed by atoms with Crippen LogP contribution in [0.5, 0.6) is 5.75 Å². The van der Waals surface area contributed by atoms with Crippen molar-refractivity contribution in [1.82, 2.24) is 0 Å². The molecule has 0 radical (unpaired) electrons. The van der Waals surface area contributed by atoms with Crippen molar-refractivity contribution >= 4 is 23.9 Å². The first-order valence-electron chi connectivity index (χ1n) is 5.38. The molecule has 1 rings (SSSR count). The van der Waals surface area contributed by atoms with Crippen LogP contribution < -0.4 is 4.74 Å². The number of benzene rings is 1. The highest BCUT2D eigenvalue weighted by Gasteiger charge is 2.10. The van der Waals surface area contributed by atoms with Crippen LogP contribution in [0.1, 0.15) is 17.3 Å². The zero-order valence-electron chi connectivity index (χ0n) is 10.8. The lowest BCUT2D eigenvalue weighted by atomic mass is 10.2. The van der Waals surface area contributed by atoms with Crippen LogP contribution in [0.25, 0.3) is 0 Å². The lowest BCUT2D eigenvalue weighted by molar-refractivity contribution is -0.134. The fourth-order valence-corrected chi connectivity index (χ4v) is 1.03. The molecular weight excluding hydrogens is 284 g/mol. The van der Waals surface area contributed by atoms with E-state index in [1.54, 1.807) is 12.1 Å². The molecule has 0 aliphatic heterocycles. The minimum atomic E-state index is -1.26. The first-order valence-corrected chi connectivity index (χ1v) is 5.38. The molecule has 8 heteroatoms. The summed E-state index contributed by atoms with van der Waals surface area (Å²) >= 11 is 0. The highest BCUT2D eigenvalue weighted by molar-refractivity contribution is 5.91. The van der Waals surface area contributed by atoms with Crippen LogP contribution in [0.4, 0.5) is 0 Å². The van der Waals surface area contributed by atoms with Gasteiger partial charge >= 0.3 is 23.9 Å². The number of hydrogen-bond donors (Lipinski definition) is 3. The Morgan fingerprint density at radius 2 is 1.43 bits per heavy atom. The second kappa shape index (κ2) is 8.86. The topological polar surface area (TPSA) is 138 Å². The molecule has 0 fully saturated rings. The van der Waals surface area contributed by atoms with Gasteiger partial charge in [-0.1, -0.05) is 12.1 Å². The van der Waals surface area contributed by atoms with Gasteiger partial charge in [-0.25, -0.2) is 14.4 Å². The van der Waals surface area contributed by atoms with Crippen molar-refractivity contribution in [3.8, 4) is 5.75 Å². The maximum absolute atomic E-state index is 10.6. The number of carboxylic acids is 3. The van der Waals surface area contributed by atoms with E-state index in [1.807, 2.05) is 0 Å². The van der Waals surface area contributed by atoms with Gasteiger partial charge in [-0.3, -0.25) is 4.79 Å². The average Bonchev–Trinajstić information content (AvgIpc) is 2.36. The summed E-state index contributed by atoms with van der Waals surface area (Å²) in [5.41, 5.74) is -0.0160. The molecule has 0 aliphatic carbocycles. The van der Waals surface area contributed by atoms with Crippen LogP contribution in [0.2, 0.25) is 0 Å². The Morgan fingerprint density at radius 3 is 1.81 bits per heavy atom. The zero-order chi connectivity index (χ0) is 16.4. The second-order valence-corrected chi connectivity index (χ2v) is 3.40. The maximum atomic E-state index is 10.6. The van der Waals surface area contributed by atoms with Crippen molar-refractivity contribution in [2.75, 3.05) is 0 Å². The lowest BCUT2D eigenvalue weighted by Crippen LogP contribution is -2.06. The molecule has 3 N–H and O–H groups in total. The molecule has 0 aliphatic rings. The average molecular weight is 296 g/mol. The minimum absolute atomic E-state index is 0.0160. The smallest absolute Gasteiger partial charge is 0.339 e. The molecule has 0 unspecified atom stereocenters. The van der Waals surface area contributed by atoms with Gasteiger partial charge < -0.3 is 20.1 Å². The molecule has 0 aromatic heterocycles. The van der Waals surface area contributed by atoms with Crippen LogP contribution in [0.3, 0.4) is 0 Å². The standard InChI is InChI=1S/C9H8O4.C4H4O4/c1-6(10)13-8-5-3-2-4-7(8)9(11)12;5-3(6)1-2-4(7)8/h2-5H,1H3,(H,11,12);1-2H,(H,5,6)(H,7,8)/b;2-1+. The summed E-state index contributed by atoms with van der Waals surface area (Å²) in [5.74, 6) is -4.09. The van der Waals surface area contributed by atoms with Crippen LogP contribution in [-0.2, 0) is 14.4 Å². The summed E-state index contributed by atoms with van der Waals surface area (Å²) in [6.45, 7) is 1.22. The summed E-state index contributed by atoms with van der Waals surface area (Å²) < 4.78 is 4.69.